The highest BCUT2D eigenvalue weighted by Gasteiger charge is 2.35. The van der Waals surface area contributed by atoms with Crippen LogP contribution in [0.15, 0.2) is 23.4 Å². The monoisotopic (exact) mass is 341 g/mol. The Morgan fingerprint density at radius 1 is 1.21 bits per heavy atom. The van der Waals surface area contributed by atoms with Gasteiger partial charge in [-0.2, -0.15) is 0 Å². The average Bonchev–Trinajstić information content (AvgIpc) is 2.61. The molecule has 0 fully saturated rings. The van der Waals surface area contributed by atoms with Crippen molar-refractivity contribution in [2.45, 2.75) is 0 Å². The van der Waals surface area contributed by atoms with Crippen LogP contribution in [-0.4, -0.2) is 45.8 Å². The molecule has 0 saturated heterocycles. The van der Waals surface area contributed by atoms with E-state index < -0.39 is 36.0 Å². The van der Waals surface area contributed by atoms with Crippen LogP contribution in [0.3, 0.4) is 0 Å². The Kier molecular flexibility index (Phi) is 5.24. The van der Waals surface area contributed by atoms with Crippen molar-refractivity contribution in [3.8, 4) is 0 Å². The van der Waals surface area contributed by atoms with Gasteiger partial charge in [-0.15, -0.1) is 0 Å². The number of carbonyl (C=O) groups is 3. The SMILES string of the molecule is COC(=O)C1=C(C(=O)OC)N(c2c(C=O)ccc(F)c2F)COC1. The van der Waals surface area contributed by atoms with Gasteiger partial charge < -0.3 is 19.1 Å². The molecule has 0 saturated carbocycles. The van der Waals surface area contributed by atoms with Crippen LogP contribution in [0.4, 0.5) is 14.5 Å². The van der Waals surface area contributed by atoms with Crippen molar-refractivity contribution in [1.82, 2.24) is 0 Å². The summed E-state index contributed by atoms with van der Waals surface area (Å²) in [4.78, 5) is 36.0. The molecule has 7 nitrogen and oxygen atoms in total. The molecule has 2 rings (SSSR count). The molecule has 1 aromatic rings. The van der Waals surface area contributed by atoms with E-state index in [0.717, 1.165) is 31.3 Å². The highest BCUT2D eigenvalue weighted by molar-refractivity contribution is 6.04. The van der Waals surface area contributed by atoms with E-state index in [-0.39, 0.29) is 23.4 Å². The molecule has 0 aromatic heterocycles. The molecule has 1 heterocycles. The smallest absolute Gasteiger partial charge is 0.355 e. The Hall–Kier alpha value is -2.81. The first-order chi connectivity index (χ1) is 11.5. The number of hydrogen-bond acceptors (Lipinski definition) is 7. The Labute approximate surface area is 135 Å². The van der Waals surface area contributed by atoms with E-state index in [0.29, 0.717) is 6.29 Å². The number of carbonyl (C=O) groups excluding carboxylic acids is 3. The molecule has 0 atom stereocenters. The van der Waals surface area contributed by atoms with Crippen molar-refractivity contribution >= 4 is 23.9 Å². The third kappa shape index (κ3) is 2.98. The highest BCUT2D eigenvalue weighted by atomic mass is 19.2. The van der Waals surface area contributed by atoms with E-state index in [1.807, 2.05) is 0 Å². The molecule has 1 aromatic carbocycles. The highest BCUT2D eigenvalue weighted by Crippen LogP contribution is 2.32. The van der Waals surface area contributed by atoms with E-state index in [2.05, 4.69) is 9.47 Å². The van der Waals surface area contributed by atoms with Crippen LogP contribution in [0.25, 0.3) is 0 Å². The molecule has 0 spiro atoms. The minimum atomic E-state index is -1.37. The van der Waals surface area contributed by atoms with Crippen LogP contribution in [0.1, 0.15) is 10.4 Å². The zero-order valence-electron chi connectivity index (χ0n) is 12.8. The Morgan fingerprint density at radius 2 is 1.88 bits per heavy atom. The minimum Gasteiger partial charge on any atom is -0.466 e. The third-order valence-corrected chi connectivity index (χ3v) is 3.33. The number of halogens is 2. The molecule has 0 N–H and O–H groups in total. The molecule has 24 heavy (non-hydrogen) atoms. The van der Waals surface area contributed by atoms with Gasteiger partial charge in [0.05, 0.1) is 32.1 Å². The molecule has 0 bridgehead atoms. The van der Waals surface area contributed by atoms with Crippen LogP contribution >= 0.6 is 0 Å². The lowest BCUT2D eigenvalue weighted by molar-refractivity contribution is -0.140. The van der Waals surface area contributed by atoms with Gasteiger partial charge in [0.15, 0.2) is 17.9 Å². The van der Waals surface area contributed by atoms with Gasteiger partial charge in [-0.25, -0.2) is 18.4 Å². The fourth-order valence-electron chi connectivity index (χ4n) is 2.24. The summed E-state index contributed by atoms with van der Waals surface area (Å²) >= 11 is 0. The summed E-state index contributed by atoms with van der Waals surface area (Å²) in [6.45, 7) is -0.687. The average molecular weight is 341 g/mol. The number of anilines is 1. The Morgan fingerprint density at radius 3 is 2.46 bits per heavy atom. The van der Waals surface area contributed by atoms with Gasteiger partial charge >= 0.3 is 11.9 Å². The zero-order chi connectivity index (χ0) is 17.9. The van der Waals surface area contributed by atoms with Crippen LogP contribution in [0, 0.1) is 11.6 Å². The minimum absolute atomic E-state index is 0.231. The lowest BCUT2D eigenvalue weighted by atomic mass is 10.1. The van der Waals surface area contributed by atoms with Crippen LogP contribution in [-0.2, 0) is 23.8 Å². The Balaban J connectivity index is 2.73. The number of benzene rings is 1. The first kappa shape index (κ1) is 17.5. The van der Waals surface area contributed by atoms with Crippen LogP contribution in [0.5, 0.6) is 0 Å². The van der Waals surface area contributed by atoms with Crippen molar-refractivity contribution < 1.29 is 37.4 Å². The van der Waals surface area contributed by atoms with E-state index in [4.69, 9.17) is 4.74 Å². The predicted molar refractivity (Wildman–Crippen MR) is 76.1 cm³/mol. The first-order valence-corrected chi connectivity index (χ1v) is 6.64. The predicted octanol–water partition coefficient (Wildman–Crippen LogP) is 1.17. The lowest BCUT2D eigenvalue weighted by Crippen LogP contribution is -2.39. The topological polar surface area (TPSA) is 82.1 Å². The molecule has 0 aliphatic carbocycles. The molecule has 0 amide bonds. The molecule has 1 aliphatic heterocycles. The first-order valence-electron chi connectivity index (χ1n) is 6.64. The largest absolute Gasteiger partial charge is 0.466 e. The molecule has 9 heteroatoms. The molecule has 0 radical (unpaired) electrons. The number of nitrogens with zero attached hydrogens (tertiary/aromatic N) is 1. The van der Waals surface area contributed by atoms with Crippen molar-refractivity contribution in [1.29, 1.82) is 0 Å². The van der Waals surface area contributed by atoms with Crippen molar-refractivity contribution in [3.63, 3.8) is 0 Å². The number of aldehydes is 1. The lowest BCUT2D eigenvalue weighted by Gasteiger charge is -2.32. The summed E-state index contributed by atoms with van der Waals surface area (Å²) in [5.41, 5.74) is -1.39. The molecule has 128 valence electrons. The summed E-state index contributed by atoms with van der Waals surface area (Å²) < 4.78 is 42.2. The fraction of sp³-hybridized carbons (Fsp3) is 0.267. The quantitative estimate of drug-likeness (QED) is 0.600. The van der Waals surface area contributed by atoms with Gasteiger partial charge in [0.25, 0.3) is 0 Å². The summed E-state index contributed by atoms with van der Waals surface area (Å²) in [5, 5.41) is 0. The maximum absolute atomic E-state index is 14.3. The third-order valence-electron chi connectivity index (χ3n) is 3.33. The van der Waals surface area contributed by atoms with E-state index in [1.54, 1.807) is 0 Å². The fourth-order valence-corrected chi connectivity index (χ4v) is 2.24. The van der Waals surface area contributed by atoms with E-state index in [1.165, 1.54) is 0 Å². The molecule has 0 unspecified atom stereocenters. The summed E-state index contributed by atoms with van der Waals surface area (Å²) in [6, 6.07) is 1.82. The van der Waals surface area contributed by atoms with E-state index >= 15 is 0 Å². The van der Waals surface area contributed by atoms with Crippen molar-refractivity contribution in [2.75, 3.05) is 32.5 Å². The van der Waals surface area contributed by atoms with Crippen molar-refractivity contribution in [3.05, 3.63) is 40.6 Å². The number of methoxy groups -OCH3 is 2. The standard InChI is InChI=1S/C15H13F2NO6/c1-22-14(20)9-6-24-7-18(13(9)15(21)23-2)12-8(5-19)3-4-10(16)11(12)17/h3-5H,6-7H2,1-2H3. The molecule has 1 aliphatic rings. The molecular weight excluding hydrogens is 328 g/mol. The van der Waals surface area contributed by atoms with Crippen molar-refractivity contribution in [2.24, 2.45) is 0 Å². The van der Waals surface area contributed by atoms with Gasteiger partial charge in [-0.3, -0.25) is 4.79 Å². The van der Waals surface area contributed by atoms with E-state index in [9.17, 15) is 23.2 Å². The second kappa shape index (κ2) is 7.18. The maximum Gasteiger partial charge on any atom is 0.355 e. The van der Waals surface area contributed by atoms with Gasteiger partial charge in [0, 0.05) is 5.56 Å². The zero-order valence-corrected chi connectivity index (χ0v) is 12.8. The number of rotatable bonds is 4. The second-order valence-corrected chi connectivity index (χ2v) is 4.63. The van der Waals surface area contributed by atoms with Crippen LogP contribution in [0.2, 0.25) is 0 Å². The van der Waals surface area contributed by atoms with Gasteiger partial charge in [0.1, 0.15) is 12.4 Å². The summed E-state index contributed by atoms with van der Waals surface area (Å²) in [7, 11) is 2.14. The number of hydrogen-bond donors (Lipinski definition) is 0. The van der Waals surface area contributed by atoms with Crippen LogP contribution < -0.4 is 4.90 Å². The summed E-state index contributed by atoms with van der Waals surface area (Å²) in [6.07, 6.45) is 0.291. The van der Waals surface area contributed by atoms with Gasteiger partial charge in [-0.05, 0) is 12.1 Å². The number of ether oxygens (including phenoxy) is 3. The second-order valence-electron chi connectivity index (χ2n) is 4.63. The normalized spacial score (nSPS) is 14.4. The summed E-state index contributed by atoms with van der Waals surface area (Å²) in [5.74, 6) is -4.48. The number of esters is 2. The maximum atomic E-state index is 14.3. The molecular formula is C15H13F2NO6. The Bertz CT molecular complexity index is 731. The van der Waals surface area contributed by atoms with Gasteiger partial charge in [0.2, 0.25) is 0 Å². The van der Waals surface area contributed by atoms with Gasteiger partial charge in [-0.1, -0.05) is 0 Å².